The topological polar surface area (TPSA) is 96.2 Å². The van der Waals surface area contributed by atoms with Gasteiger partial charge in [0.25, 0.3) is 5.69 Å². The Morgan fingerprint density at radius 2 is 1.72 bits per heavy atom. The highest BCUT2D eigenvalue weighted by Gasteiger charge is 2.31. The van der Waals surface area contributed by atoms with Crippen molar-refractivity contribution in [2.75, 3.05) is 19.6 Å². The van der Waals surface area contributed by atoms with E-state index in [0.29, 0.717) is 26.2 Å². The minimum atomic E-state index is -0.994. The highest BCUT2D eigenvalue weighted by atomic mass is 16.6. The molecule has 1 saturated heterocycles. The fraction of sp³-hybridized carbons (Fsp3) is 0.208. The second-order valence-corrected chi connectivity index (χ2v) is 7.64. The maximum absolute atomic E-state index is 11.8. The fourth-order valence-corrected chi connectivity index (χ4v) is 3.91. The average molecular weight is 433 g/mol. The largest absolute Gasteiger partial charge is 0.465 e. The van der Waals surface area contributed by atoms with Gasteiger partial charge in [-0.3, -0.25) is 19.9 Å². The lowest BCUT2D eigenvalue weighted by Crippen LogP contribution is -2.49. The summed E-state index contributed by atoms with van der Waals surface area (Å²) < 4.78 is 5.92. The number of non-ortho nitro benzene ring substituents is 1. The second kappa shape index (κ2) is 9.49. The van der Waals surface area contributed by atoms with Gasteiger partial charge in [0, 0.05) is 38.3 Å². The Morgan fingerprint density at radius 3 is 2.41 bits per heavy atom. The fourth-order valence-electron chi connectivity index (χ4n) is 3.91. The summed E-state index contributed by atoms with van der Waals surface area (Å²) in [6.45, 7) is 2.09. The van der Waals surface area contributed by atoms with Crippen molar-refractivity contribution < 1.29 is 19.6 Å². The predicted molar refractivity (Wildman–Crippen MR) is 119 cm³/mol. The van der Waals surface area contributed by atoms with Gasteiger partial charge in [0.15, 0.2) is 0 Å². The van der Waals surface area contributed by atoms with Gasteiger partial charge >= 0.3 is 6.09 Å². The lowest BCUT2D eigenvalue weighted by Gasteiger charge is -2.40. The zero-order valence-corrected chi connectivity index (χ0v) is 17.3. The van der Waals surface area contributed by atoms with Crippen LogP contribution in [0.15, 0.2) is 78.9 Å². The molecule has 3 aromatic rings. The highest BCUT2D eigenvalue weighted by molar-refractivity contribution is 5.66. The van der Waals surface area contributed by atoms with E-state index in [-0.39, 0.29) is 5.69 Å². The maximum Gasteiger partial charge on any atom is 0.407 e. The summed E-state index contributed by atoms with van der Waals surface area (Å²) in [5.74, 6) is 1.50. The van der Waals surface area contributed by atoms with E-state index >= 15 is 0 Å². The van der Waals surface area contributed by atoms with E-state index in [0.717, 1.165) is 22.6 Å². The van der Waals surface area contributed by atoms with Crippen molar-refractivity contribution in [1.82, 2.24) is 9.80 Å². The summed E-state index contributed by atoms with van der Waals surface area (Å²) >= 11 is 0. The Morgan fingerprint density at radius 1 is 1.00 bits per heavy atom. The van der Waals surface area contributed by atoms with Gasteiger partial charge in [0.2, 0.25) is 0 Å². The summed E-state index contributed by atoms with van der Waals surface area (Å²) in [4.78, 5) is 25.8. The molecule has 0 aliphatic carbocycles. The molecule has 1 fully saturated rings. The second-order valence-electron chi connectivity index (χ2n) is 7.64. The number of nitrogens with zero attached hydrogens (tertiary/aromatic N) is 3. The molecule has 0 saturated carbocycles. The number of hydrogen-bond acceptors (Lipinski definition) is 5. The Labute approximate surface area is 185 Å². The van der Waals surface area contributed by atoms with Crippen LogP contribution in [0.4, 0.5) is 10.5 Å². The van der Waals surface area contributed by atoms with Gasteiger partial charge in [0.05, 0.1) is 11.0 Å². The van der Waals surface area contributed by atoms with E-state index in [2.05, 4.69) is 4.90 Å². The molecule has 1 heterocycles. The molecule has 8 heteroatoms. The molecule has 164 valence electrons. The molecule has 1 N–H and O–H groups in total. The molecule has 0 radical (unpaired) electrons. The molecule has 0 spiro atoms. The SMILES string of the molecule is O=C(O)N1CCN(Cc2cccc(Oc3ccccc3)c2)CC1c1ccc([N+](=O)[O-])cc1. The first-order valence-corrected chi connectivity index (χ1v) is 10.3. The third kappa shape index (κ3) is 5.04. The number of nitro groups is 1. The minimum Gasteiger partial charge on any atom is -0.465 e. The molecule has 8 nitrogen and oxygen atoms in total. The number of benzene rings is 3. The summed E-state index contributed by atoms with van der Waals surface area (Å²) in [6.07, 6.45) is -0.994. The number of rotatable bonds is 6. The van der Waals surface area contributed by atoms with Crippen LogP contribution in [-0.4, -0.2) is 45.6 Å². The van der Waals surface area contributed by atoms with E-state index in [4.69, 9.17) is 4.74 Å². The maximum atomic E-state index is 11.8. The summed E-state index contributed by atoms with van der Waals surface area (Å²) in [7, 11) is 0. The molecule has 3 aromatic carbocycles. The first-order chi connectivity index (χ1) is 15.5. The normalized spacial score (nSPS) is 16.5. The molecule has 1 atom stereocenters. The van der Waals surface area contributed by atoms with Crippen molar-refractivity contribution in [3.8, 4) is 11.5 Å². The molecule has 1 unspecified atom stereocenters. The van der Waals surface area contributed by atoms with E-state index in [1.54, 1.807) is 12.1 Å². The van der Waals surface area contributed by atoms with E-state index in [9.17, 15) is 20.0 Å². The van der Waals surface area contributed by atoms with Crippen LogP contribution in [0.1, 0.15) is 17.2 Å². The third-order valence-corrected chi connectivity index (χ3v) is 5.48. The Bertz CT molecular complexity index is 1090. The van der Waals surface area contributed by atoms with Gasteiger partial charge in [-0.15, -0.1) is 0 Å². The Kier molecular flexibility index (Phi) is 6.32. The van der Waals surface area contributed by atoms with Gasteiger partial charge < -0.3 is 9.84 Å². The lowest BCUT2D eigenvalue weighted by molar-refractivity contribution is -0.384. The van der Waals surface area contributed by atoms with Crippen LogP contribution in [0, 0.1) is 10.1 Å². The summed E-state index contributed by atoms with van der Waals surface area (Å²) in [6, 6.07) is 23.1. The summed E-state index contributed by atoms with van der Waals surface area (Å²) in [5, 5.41) is 20.6. The monoisotopic (exact) mass is 433 g/mol. The van der Waals surface area contributed by atoms with Gasteiger partial charge in [-0.2, -0.15) is 0 Å². The quantitative estimate of drug-likeness (QED) is 0.438. The van der Waals surface area contributed by atoms with Crippen LogP contribution in [0.5, 0.6) is 11.5 Å². The van der Waals surface area contributed by atoms with E-state index in [1.807, 2.05) is 54.6 Å². The Balaban J connectivity index is 1.48. The van der Waals surface area contributed by atoms with Crippen molar-refractivity contribution in [2.24, 2.45) is 0 Å². The lowest BCUT2D eigenvalue weighted by atomic mass is 10.0. The van der Waals surface area contributed by atoms with Crippen molar-refractivity contribution in [1.29, 1.82) is 0 Å². The molecule has 1 aliphatic rings. The number of piperazine rings is 1. The molecular weight excluding hydrogens is 410 g/mol. The minimum absolute atomic E-state index is 0.0153. The zero-order chi connectivity index (χ0) is 22.5. The van der Waals surface area contributed by atoms with Crippen LogP contribution in [0.3, 0.4) is 0 Å². The smallest absolute Gasteiger partial charge is 0.407 e. The van der Waals surface area contributed by atoms with Gasteiger partial charge in [0.1, 0.15) is 11.5 Å². The first kappa shape index (κ1) is 21.3. The predicted octanol–water partition coefficient (Wildman–Crippen LogP) is 4.92. The van der Waals surface area contributed by atoms with Gasteiger partial charge in [-0.1, -0.05) is 42.5 Å². The number of hydrogen-bond donors (Lipinski definition) is 1. The number of ether oxygens (including phenoxy) is 1. The van der Waals surface area contributed by atoms with Crippen LogP contribution in [0.25, 0.3) is 0 Å². The molecule has 1 aliphatic heterocycles. The van der Waals surface area contributed by atoms with Crippen LogP contribution in [0.2, 0.25) is 0 Å². The summed E-state index contributed by atoms with van der Waals surface area (Å²) in [5.41, 5.74) is 1.78. The van der Waals surface area contributed by atoms with E-state index in [1.165, 1.54) is 17.0 Å². The van der Waals surface area contributed by atoms with Crippen LogP contribution >= 0.6 is 0 Å². The number of carbonyl (C=O) groups is 1. The third-order valence-electron chi connectivity index (χ3n) is 5.48. The average Bonchev–Trinajstić information content (AvgIpc) is 2.80. The van der Waals surface area contributed by atoms with Crippen molar-refractivity contribution in [3.63, 3.8) is 0 Å². The number of nitro benzene ring substituents is 1. The molecule has 4 rings (SSSR count). The van der Waals surface area contributed by atoms with Crippen molar-refractivity contribution >= 4 is 11.8 Å². The number of para-hydroxylation sites is 1. The van der Waals surface area contributed by atoms with Gasteiger partial charge in [-0.05, 0) is 35.4 Å². The molecule has 0 aromatic heterocycles. The molecular formula is C24H23N3O5. The Hall–Kier alpha value is -3.91. The molecule has 1 amide bonds. The number of carboxylic acid groups (broad SMARTS) is 1. The molecule has 32 heavy (non-hydrogen) atoms. The van der Waals surface area contributed by atoms with Gasteiger partial charge in [-0.25, -0.2) is 4.79 Å². The zero-order valence-electron chi connectivity index (χ0n) is 17.3. The molecule has 0 bridgehead atoms. The van der Waals surface area contributed by atoms with E-state index < -0.39 is 17.1 Å². The van der Waals surface area contributed by atoms with Crippen LogP contribution in [-0.2, 0) is 6.54 Å². The van der Waals surface area contributed by atoms with Crippen molar-refractivity contribution in [3.05, 3.63) is 100 Å². The van der Waals surface area contributed by atoms with Crippen LogP contribution < -0.4 is 4.74 Å². The first-order valence-electron chi connectivity index (χ1n) is 10.3. The van der Waals surface area contributed by atoms with Crippen molar-refractivity contribution in [2.45, 2.75) is 12.6 Å². The highest BCUT2D eigenvalue weighted by Crippen LogP contribution is 2.29. The number of amides is 1. The standard InChI is InChI=1S/C24H23N3O5/c28-24(29)26-14-13-25(17-23(26)19-9-11-20(12-10-19)27(30)31)16-18-5-4-8-22(15-18)32-21-6-2-1-3-7-21/h1-12,15,23H,13-14,16-17H2,(H,28,29).